The zero-order valence-electron chi connectivity index (χ0n) is 17.5. The van der Waals surface area contributed by atoms with Crippen molar-refractivity contribution in [2.45, 2.75) is 25.9 Å². The van der Waals surface area contributed by atoms with Crippen molar-refractivity contribution in [2.75, 3.05) is 19.6 Å². The van der Waals surface area contributed by atoms with Crippen molar-refractivity contribution in [1.82, 2.24) is 9.88 Å². The Kier molecular flexibility index (Phi) is 6.23. The molecule has 0 unspecified atom stereocenters. The Hall–Kier alpha value is -2.92. The lowest BCUT2D eigenvalue weighted by Crippen LogP contribution is -2.30. The first kappa shape index (κ1) is 21.3. The second-order valence-electron chi connectivity index (χ2n) is 8.00. The summed E-state index contributed by atoms with van der Waals surface area (Å²) in [5, 5.41) is 0. The summed E-state index contributed by atoms with van der Waals surface area (Å²) < 4.78 is 38.9. The maximum atomic E-state index is 13.0. The van der Waals surface area contributed by atoms with Crippen LogP contribution in [0.2, 0.25) is 0 Å². The van der Waals surface area contributed by atoms with Gasteiger partial charge in [0.1, 0.15) is 0 Å². The molecule has 160 valence electrons. The smallest absolute Gasteiger partial charge is 0.299 e. The molecule has 1 aliphatic rings. The van der Waals surface area contributed by atoms with E-state index in [0.717, 1.165) is 60.9 Å². The number of halogens is 3. The van der Waals surface area contributed by atoms with Crippen LogP contribution in [-0.4, -0.2) is 29.5 Å². The Morgan fingerprint density at radius 2 is 1.74 bits per heavy atom. The van der Waals surface area contributed by atoms with Gasteiger partial charge in [-0.3, -0.25) is 9.88 Å². The summed E-state index contributed by atoms with van der Waals surface area (Å²) in [7, 11) is 0. The molecule has 0 fully saturated rings. The first-order valence-corrected chi connectivity index (χ1v) is 10.5. The van der Waals surface area contributed by atoms with Crippen molar-refractivity contribution in [3.8, 4) is 11.1 Å². The molecule has 5 heteroatoms. The molecule has 0 radical (unpaired) electrons. The van der Waals surface area contributed by atoms with Gasteiger partial charge in [-0.25, -0.2) is 0 Å². The van der Waals surface area contributed by atoms with Crippen LogP contribution in [-0.2, 0) is 12.6 Å². The summed E-state index contributed by atoms with van der Waals surface area (Å²) in [4.78, 5) is 6.72. The quantitative estimate of drug-likeness (QED) is 0.472. The highest BCUT2D eigenvalue weighted by atomic mass is 19.4. The second-order valence-corrected chi connectivity index (χ2v) is 8.00. The normalized spacial score (nSPS) is 15.0. The minimum Gasteiger partial charge on any atom is -0.299 e. The lowest BCUT2D eigenvalue weighted by molar-refractivity contribution is -0.137. The van der Waals surface area contributed by atoms with Crippen molar-refractivity contribution in [1.29, 1.82) is 0 Å². The van der Waals surface area contributed by atoms with Crippen LogP contribution in [0.4, 0.5) is 13.2 Å². The van der Waals surface area contributed by atoms with Gasteiger partial charge in [0.2, 0.25) is 0 Å². The molecule has 0 atom stereocenters. The van der Waals surface area contributed by atoms with Crippen molar-refractivity contribution < 1.29 is 13.2 Å². The first-order chi connectivity index (χ1) is 14.9. The maximum Gasteiger partial charge on any atom is 0.416 e. The Labute approximate surface area is 181 Å². The van der Waals surface area contributed by atoms with E-state index in [0.29, 0.717) is 5.56 Å². The number of nitrogens with zero attached hydrogens (tertiary/aromatic N) is 2. The molecule has 3 aromatic rings. The number of aryl methyl sites for hydroxylation is 1. The molecule has 0 amide bonds. The summed E-state index contributed by atoms with van der Waals surface area (Å²) in [6, 6.07) is 18.3. The lowest BCUT2D eigenvalue weighted by Gasteiger charge is -2.26. The third-order valence-electron chi connectivity index (χ3n) is 5.74. The molecule has 0 saturated carbocycles. The van der Waals surface area contributed by atoms with Crippen LogP contribution < -0.4 is 0 Å². The minimum atomic E-state index is -4.31. The van der Waals surface area contributed by atoms with Crippen molar-refractivity contribution >= 4 is 5.57 Å². The molecule has 4 rings (SSSR count). The van der Waals surface area contributed by atoms with Gasteiger partial charge in [-0.1, -0.05) is 48.5 Å². The van der Waals surface area contributed by atoms with Crippen LogP contribution in [0.15, 0.2) is 72.9 Å². The molecule has 2 aromatic carbocycles. The van der Waals surface area contributed by atoms with Crippen LogP contribution >= 0.6 is 0 Å². The number of alkyl halides is 3. The molecule has 1 aliphatic heterocycles. The Bertz CT molecular complexity index is 1070. The number of aromatic nitrogens is 1. The summed E-state index contributed by atoms with van der Waals surface area (Å²) in [6.07, 6.45) is 1.35. The Morgan fingerprint density at radius 3 is 2.45 bits per heavy atom. The third-order valence-corrected chi connectivity index (χ3v) is 5.74. The topological polar surface area (TPSA) is 16.1 Å². The summed E-state index contributed by atoms with van der Waals surface area (Å²) >= 11 is 0. The summed E-state index contributed by atoms with van der Waals surface area (Å²) in [5.41, 5.74) is 5.63. The molecule has 31 heavy (non-hydrogen) atoms. The number of pyridine rings is 1. The predicted octanol–water partition coefficient (Wildman–Crippen LogP) is 6.41. The first-order valence-electron chi connectivity index (χ1n) is 10.5. The fraction of sp³-hybridized carbons (Fsp3) is 0.269. The number of hydrogen-bond acceptors (Lipinski definition) is 2. The van der Waals surface area contributed by atoms with E-state index in [1.165, 1.54) is 17.7 Å². The number of benzene rings is 2. The van der Waals surface area contributed by atoms with E-state index < -0.39 is 11.7 Å². The van der Waals surface area contributed by atoms with Crippen molar-refractivity contribution in [3.63, 3.8) is 0 Å². The fourth-order valence-corrected chi connectivity index (χ4v) is 3.90. The van der Waals surface area contributed by atoms with Gasteiger partial charge in [-0.2, -0.15) is 13.2 Å². The van der Waals surface area contributed by atoms with E-state index in [4.69, 9.17) is 0 Å². The van der Waals surface area contributed by atoms with E-state index in [-0.39, 0.29) is 0 Å². The van der Waals surface area contributed by atoms with Gasteiger partial charge in [0.25, 0.3) is 0 Å². The molecule has 2 heterocycles. The average Bonchev–Trinajstić information content (AvgIpc) is 2.78. The molecular weight excluding hydrogens is 397 g/mol. The van der Waals surface area contributed by atoms with Crippen LogP contribution in [0, 0.1) is 6.92 Å². The van der Waals surface area contributed by atoms with Crippen LogP contribution in [0.1, 0.15) is 28.8 Å². The number of hydrogen-bond donors (Lipinski definition) is 0. The Morgan fingerprint density at radius 1 is 0.935 bits per heavy atom. The van der Waals surface area contributed by atoms with E-state index in [9.17, 15) is 13.2 Å². The molecule has 1 aromatic heterocycles. The molecular formula is C26H25F3N2. The van der Waals surface area contributed by atoms with Gasteiger partial charge in [-0.05, 0) is 60.2 Å². The largest absolute Gasteiger partial charge is 0.416 e. The SMILES string of the molecule is Cc1ccc(-c2cccc(CCN3CC=C(c4cccc(C(F)(F)F)c4)CC3)c2)cn1. The molecule has 0 N–H and O–H groups in total. The van der Waals surface area contributed by atoms with Gasteiger partial charge in [0.15, 0.2) is 0 Å². The van der Waals surface area contributed by atoms with E-state index >= 15 is 0 Å². The average molecular weight is 422 g/mol. The maximum absolute atomic E-state index is 13.0. The van der Waals surface area contributed by atoms with Gasteiger partial charge in [0, 0.05) is 37.1 Å². The van der Waals surface area contributed by atoms with Gasteiger partial charge >= 0.3 is 6.18 Å². The second kappa shape index (κ2) is 9.06. The molecule has 0 spiro atoms. The highest BCUT2D eigenvalue weighted by molar-refractivity contribution is 5.67. The zero-order chi connectivity index (χ0) is 21.8. The van der Waals surface area contributed by atoms with Gasteiger partial charge < -0.3 is 0 Å². The van der Waals surface area contributed by atoms with E-state index in [1.807, 2.05) is 19.2 Å². The van der Waals surface area contributed by atoms with Gasteiger partial charge in [0.05, 0.1) is 5.56 Å². The zero-order valence-corrected chi connectivity index (χ0v) is 17.5. The molecule has 0 aliphatic carbocycles. The standard InChI is InChI=1S/C26H25F3N2/c1-19-8-9-24(18-30-19)22-5-2-4-20(16-22)10-13-31-14-11-21(12-15-31)23-6-3-7-25(17-23)26(27,28)29/h2-9,11,16-18H,10,12-15H2,1H3. The summed E-state index contributed by atoms with van der Waals surface area (Å²) in [5.74, 6) is 0. The molecule has 0 saturated heterocycles. The van der Waals surface area contributed by atoms with Crippen LogP contribution in [0.25, 0.3) is 16.7 Å². The van der Waals surface area contributed by atoms with Crippen molar-refractivity contribution in [3.05, 3.63) is 95.3 Å². The number of rotatable bonds is 5. The highest BCUT2D eigenvalue weighted by Gasteiger charge is 2.30. The van der Waals surface area contributed by atoms with E-state index in [2.05, 4.69) is 46.3 Å². The monoisotopic (exact) mass is 422 g/mol. The molecule has 0 bridgehead atoms. The van der Waals surface area contributed by atoms with E-state index in [1.54, 1.807) is 6.07 Å². The minimum absolute atomic E-state index is 0.586. The van der Waals surface area contributed by atoms with Crippen molar-refractivity contribution in [2.24, 2.45) is 0 Å². The van der Waals surface area contributed by atoms with Gasteiger partial charge in [-0.15, -0.1) is 0 Å². The Balaban J connectivity index is 1.37. The lowest BCUT2D eigenvalue weighted by atomic mass is 9.97. The predicted molar refractivity (Wildman–Crippen MR) is 119 cm³/mol. The highest BCUT2D eigenvalue weighted by Crippen LogP contribution is 2.32. The fourth-order valence-electron chi connectivity index (χ4n) is 3.90. The van der Waals surface area contributed by atoms with Crippen LogP contribution in [0.3, 0.4) is 0 Å². The third kappa shape index (κ3) is 5.42. The summed E-state index contributed by atoms with van der Waals surface area (Å²) in [6.45, 7) is 4.50. The molecule has 2 nitrogen and oxygen atoms in total. The van der Waals surface area contributed by atoms with Crippen LogP contribution in [0.5, 0.6) is 0 Å².